The van der Waals surface area contributed by atoms with Gasteiger partial charge in [-0.1, -0.05) is 24.3 Å². The molecule has 3 aromatic rings. The Bertz CT molecular complexity index is 1210. The third kappa shape index (κ3) is 4.31. The summed E-state index contributed by atoms with van der Waals surface area (Å²) in [6.07, 6.45) is 5.22. The molecule has 1 amide bonds. The smallest absolute Gasteiger partial charge is 0.225 e. The molecular formula is C28H34FN5O. The molecule has 2 aromatic heterocycles. The number of anilines is 1. The molecule has 35 heavy (non-hydrogen) atoms. The highest BCUT2D eigenvalue weighted by Gasteiger charge is 2.36. The van der Waals surface area contributed by atoms with E-state index in [1.165, 1.54) is 0 Å². The van der Waals surface area contributed by atoms with Crippen molar-refractivity contribution in [3.8, 4) is 11.1 Å². The summed E-state index contributed by atoms with van der Waals surface area (Å²) in [7, 11) is 0. The number of fused-ring (bicyclic) bond motifs is 1. The Morgan fingerprint density at radius 1 is 1.00 bits per heavy atom. The van der Waals surface area contributed by atoms with Crippen LogP contribution in [0.2, 0.25) is 0 Å². The van der Waals surface area contributed by atoms with Crippen LogP contribution in [0.25, 0.3) is 16.6 Å². The van der Waals surface area contributed by atoms with E-state index >= 15 is 0 Å². The van der Waals surface area contributed by atoms with Crippen molar-refractivity contribution in [2.75, 3.05) is 44.2 Å². The quantitative estimate of drug-likeness (QED) is 0.555. The first-order valence-corrected chi connectivity index (χ1v) is 13.0. The van der Waals surface area contributed by atoms with Crippen molar-refractivity contribution < 1.29 is 9.18 Å². The molecule has 184 valence electrons. The number of amides is 1. The molecule has 2 saturated heterocycles. The van der Waals surface area contributed by atoms with Gasteiger partial charge in [-0.05, 0) is 49.9 Å². The number of piperazine rings is 1. The highest BCUT2D eigenvalue weighted by Crippen LogP contribution is 2.34. The largest absolute Gasteiger partial charge is 0.366 e. The Kier molecular flexibility index (Phi) is 5.75. The van der Waals surface area contributed by atoms with Crippen LogP contribution >= 0.6 is 0 Å². The predicted octanol–water partition coefficient (Wildman–Crippen LogP) is 4.21. The van der Waals surface area contributed by atoms with Gasteiger partial charge in [-0.15, -0.1) is 0 Å². The second-order valence-electron chi connectivity index (χ2n) is 10.7. The minimum atomic E-state index is -0.813. The number of hydrogen-bond acceptors (Lipinski definition) is 4. The van der Waals surface area contributed by atoms with E-state index in [0.717, 1.165) is 73.5 Å². The van der Waals surface area contributed by atoms with Gasteiger partial charge in [0.15, 0.2) is 0 Å². The van der Waals surface area contributed by atoms with Crippen LogP contribution in [0.5, 0.6) is 0 Å². The van der Waals surface area contributed by atoms with Gasteiger partial charge in [0.25, 0.3) is 0 Å². The van der Waals surface area contributed by atoms with Gasteiger partial charge in [-0.3, -0.25) is 9.69 Å². The fourth-order valence-corrected chi connectivity index (χ4v) is 5.63. The zero-order valence-electron chi connectivity index (χ0n) is 20.6. The molecule has 1 aromatic carbocycles. The van der Waals surface area contributed by atoms with Crippen molar-refractivity contribution >= 4 is 17.1 Å². The van der Waals surface area contributed by atoms with E-state index in [0.29, 0.717) is 18.5 Å². The summed E-state index contributed by atoms with van der Waals surface area (Å²) in [4.78, 5) is 19.0. The summed E-state index contributed by atoms with van der Waals surface area (Å²) in [5.74, 6) is 0.567. The molecule has 2 aliphatic heterocycles. The molecule has 1 aliphatic carbocycles. The van der Waals surface area contributed by atoms with E-state index in [1.54, 1.807) is 0 Å². The zero-order valence-corrected chi connectivity index (χ0v) is 20.6. The van der Waals surface area contributed by atoms with Crippen LogP contribution in [0.1, 0.15) is 38.2 Å². The van der Waals surface area contributed by atoms with Crippen molar-refractivity contribution in [1.82, 2.24) is 19.4 Å². The van der Waals surface area contributed by atoms with Crippen LogP contribution in [0.15, 0.2) is 48.8 Å². The van der Waals surface area contributed by atoms with E-state index in [9.17, 15) is 9.18 Å². The van der Waals surface area contributed by atoms with Gasteiger partial charge in [0.05, 0.1) is 11.2 Å². The Labute approximate surface area is 206 Å². The predicted molar refractivity (Wildman–Crippen MR) is 136 cm³/mol. The van der Waals surface area contributed by atoms with Crippen LogP contribution < -0.4 is 4.90 Å². The Morgan fingerprint density at radius 3 is 2.40 bits per heavy atom. The average molecular weight is 476 g/mol. The molecule has 0 radical (unpaired) electrons. The molecular weight excluding hydrogens is 441 g/mol. The molecule has 3 aliphatic rings. The maximum absolute atomic E-state index is 14.7. The molecule has 1 saturated carbocycles. The lowest BCUT2D eigenvalue weighted by atomic mass is 9.95. The number of halogens is 1. The van der Waals surface area contributed by atoms with Crippen LogP contribution in [0.3, 0.4) is 0 Å². The van der Waals surface area contributed by atoms with Gasteiger partial charge in [0.1, 0.15) is 6.17 Å². The van der Waals surface area contributed by atoms with Gasteiger partial charge in [0.2, 0.25) is 5.91 Å². The summed E-state index contributed by atoms with van der Waals surface area (Å²) >= 11 is 0. The molecule has 0 N–H and O–H groups in total. The van der Waals surface area contributed by atoms with E-state index in [1.807, 2.05) is 15.6 Å². The van der Waals surface area contributed by atoms with Crippen LogP contribution in [0.4, 0.5) is 10.1 Å². The molecule has 0 bridgehead atoms. The highest BCUT2D eigenvalue weighted by atomic mass is 19.1. The van der Waals surface area contributed by atoms with E-state index < -0.39 is 6.17 Å². The topological polar surface area (TPSA) is 44.1 Å². The second-order valence-corrected chi connectivity index (χ2v) is 10.7. The van der Waals surface area contributed by atoms with Crippen molar-refractivity contribution in [2.24, 2.45) is 5.92 Å². The maximum Gasteiger partial charge on any atom is 0.225 e. The minimum Gasteiger partial charge on any atom is -0.366 e. The summed E-state index contributed by atoms with van der Waals surface area (Å²) in [5, 5.41) is 4.54. The Hall–Kier alpha value is -2.93. The minimum absolute atomic E-state index is 0.0571. The number of carbonyl (C=O) groups is 1. The number of alkyl halides is 1. The van der Waals surface area contributed by atoms with Gasteiger partial charge < -0.3 is 9.80 Å². The second kappa shape index (κ2) is 8.94. The number of hydrogen-bond donors (Lipinski definition) is 0. The van der Waals surface area contributed by atoms with Crippen LogP contribution in [-0.2, 0) is 4.79 Å². The molecule has 0 spiro atoms. The Morgan fingerprint density at radius 2 is 1.74 bits per heavy atom. The summed E-state index contributed by atoms with van der Waals surface area (Å²) in [5.41, 5.74) is 5.51. The van der Waals surface area contributed by atoms with Crippen LogP contribution in [0, 0.1) is 5.92 Å². The van der Waals surface area contributed by atoms with Gasteiger partial charge >= 0.3 is 0 Å². The fourth-order valence-electron chi connectivity index (χ4n) is 5.63. The number of likely N-dealkylation sites (tertiary alicyclic amines) is 1. The zero-order chi connectivity index (χ0) is 24.1. The summed E-state index contributed by atoms with van der Waals surface area (Å²) in [6, 6.07) is 13.0. The number of aromatic nitrogens is 2. The maximum atomic E-state index is 14.7. The fraction of sp³-hybridized carbons (Fsp3) is 0.500. The first kappa shape index (κ1) is 22.5. The lowest BCUT2D eigenvalue weighted by molar-refractivity contribution is -0.132. The van der Waals surface area contributed by atoms with E-state index in [4.69, 9.17) is 0 Å². The van der Waals surface area contributed by atoms with Crippen LogP contribution in [-0.4, -0.2) is 76.8 Å². The number of nitrogens with zero attached hydrogens (tertiary/aromatic N) is 5. The van der Waals surface area contributed by atoms with Crippen molar-refractivity contribution in [2.45, 2.75) is 44.8 Å². The average Bonchev–Trinajstić information content (AvgIpc) is 3.51. The summed E-state index contributed by atoms with van der Waals surface area (Å²) in [6.45, 7) is 8.80. The van der Waals surface area contributed by atoms with Gasteiger partial charge in [0, 0.05) is 75.1 Å². The molecule has 2 unspecified atom stereocenters. The van der Waals surface area contributed by atoms with Crippen molar-refractivity contribution in [3.63, 3.8) is 0 Å². The monoisotopic (exact) mass is 475 g/mol. The van der Waals surface area contributed by atoms with E-state index in [2.05, 4.69) is 71.3 Å². The molecule has 2 atom stereocenters. The van der Waals surface area contributed by atoms with E-state index in [-0.39, 0.29) is 11.8 Å². The van der Waals surface area contributed by atoms with Gasteiger partial charge in [-0.2, -0.15) is 5.10 Å². The lowest BCUT2D eigenvalue weighted by Crippen LogP contribution is -2.49. The molecule has 6 nitrogen and oxygen atoms in total. The van der Waals surface area contributed by atoms with Crippen molar-refractivity contribution in [3.05, 3.63) is 54.4 Å². The third-order valence-electron chi connectivity index (χ3n) is 8.02. The Balaban J connectivity index is 1.19. The number of rotatable bonds is 5. The molecule has 6 rings (SSSR count). The highest BCUT2D eigenvalue weighted by molar-refractivity contribution is 5.82. The first-order chi connectivity index (χ1) is 17.0. The SMILES string of the molecule is CC(C)N1CC(F)C(c2ccc(-c3cc4c(N5CCN(C(=O)C6CC6)CC5)ccnn4c3)cc2)C1. The number of carbonyl (C=O) groups excluding carboxylic acids is 1. The number of benzene rings is 1. The molecule has 7 heteroatoms. The van der Waals surface area contributed by atoms with Crippen molar-refractivity contribution in [1.29, 1.82) is 0 Å². The lowest BCUT2D eigenvalue weighted by Gasteiger charge is -2.36. The standard InChI is InChI=1S/C28H34FN5O/c1-19(2)33-17-24(25(29)18-33)21-5-3-20(4-6-21)23-15-27-26(9-10-30-34(27)16-23)31-11-13-32(14-12-31)28(35)22-7-8-22/h3-6,9-10,15-16,19,22,24-25H,7-8,11-14,17-18H2,1-2H3. The summed E-state index contributed by atoms with van der Waals surface area (Å²) < 4.78 is 16.6. The van der Waals surface area contributed by atoms with Gasteiger partial charge in [-0.25, -0.2) is 8.91 Å². The third-order valence-corrected chi connectivity index (χ3v) is 8.02. The molecule has 3 fully saturated rings. The first-order valence-electron chi connectivity index (χ1n) is 13.0. The molecule has 4 heterocycles. The normalized spacial score (nSPS) is 23.5.